The van der Waals surface area contributed by atoms with Gasteiger partial charge in [0.15, 0.2) is 0 Å². The Morgan fingerprint density at radius 1 is 1.20 bits per heavy atom. The molecule has 2 heteroatoms. The molecule has 1 aliphatic rings. The molecule has 0 aromatic rings. The van der Waals surface area contributed by atoms with Crippen molar-refractivity contribution in [2.45, 2.75) is 33.6 Å². The van der Waals surface area contributed by atoms with Gasteiger partial charge in [-0.15, -0.1) is 0 Å². The molecular weight excluding hydrogens is 126 g/mol. The molecule has 0 radical (unpaired) electrons. The first kappa shape index (κ1) is 12.3. The van der Waals surface area contributed by atoms with E-state index in [1.807, 2.05) is 13.8 Å². The highest BCUT2D eigenvalue weighted by molar-refractivity contribution is 5.44. The van der Waals surface area contributed by atoms with Crippen LogP contribution < -0.4 is 5.32 Å². The van der Waals surface area contributed by atoms with E-state index in [1.165, 1.54) is 32.9 Å². The standard InChI is InChI=1S/C4H9N.C2H4O.C2H6/c1-2-4-5-3-1;1-2-3;1-2/h5H,1-4H2;2H,1H3;1-2H3. The molecule has 0 amide bonds. The Bertz CT molecular complexity index is 43.6. The highest BCUT2D eigenvalue weighted by Gasteiger charge is 1.93. The fourth-order valence-corrected chi connectivity index (χ4v) is 0.625. The van der Waals surface area contributed by atoms with Crippen LogP contribution in [-0.4, -0.2) is 19.4 Å². The number of carbonyl (C=O) groups excluding carboxylic acids is 1. The highest BCUT2D eigenvalue weighted by atomic mass is 16.1. The average molecular weight is 145 g/mol. The number of nitrogens with one attached hydrogen (secondary N) is 1. The molecule has 62 valence electrons. The smallest absolute Gasteiger partial charge is 0.116 e. The van der Waals surface area contributed by atoms with Crippen molar-refractivity contribution in [3.8, 4) is 0 Å². The van der Waals surface area contributed by atoms with Gasteiger partial charge in [-0.05, 0) is 32.9 Å². The van der Waals surface area contributed by atoms with Crippen molar-refractivity contribution in [2.24, 2.45) is 0 Å². The zero-order chi connectivity index (χ0) is 8.24. The van der Waals surface area contributed by atoms with Crippen LogP contribution in [0.2, 0.25) is 0 Å². The van der Waals surface area contributed by atoms with Gasteiger partial charge in [-0.1, -0.05) is 13.8 Å². The molecule has 0 saturated carbocycles. The van der Waals surface area contributed by atoms with Crippen LogP contribution in [0.5, 0.6) is 0 Å². The van der Waals surface area contributed by atoms with Crippen molar-refractivity contribution >= 4 is 6.29 Å². The summed E-state index contributed by atoms with van der Waals surface area (Å²) in [5.41, 5.74) is 0. The van der Waals surface area contributed by atoms with Gasteiger partial charge in [-0.2, -0.15) is 0 Å². The molecule has 1 heterocycles. The number of aldehydes is 1. The van der Waals surface area contributed by atoms with Crippen molar-refractivity contribution in [3.63, 3.8) is 0 Å². The Morgan fingerprint density at radius 2 is 1.50 bits per heavy atom. The van der Waals surface area contributed by atoms with E-state index in [9.17, 15) is 0 Å². The van der Waals surface area contributed by atoms with Gasteiger partial charge in [-0.25, -0.2) is 0 Å². The molecule has 1 saturated heterocycles. The highest BCUT2D eigenvalue weighted by Crippen LogP contribution is 1.90. The largest absolute Gasteiger partial charge is 0.317 e. The van der Waals surface area contributed by atoms with Crippen molar-refractivity contribution in [2.75, 3.05) is 13.1 Å². The molecule has 0 aromatic heterocycles. The number of rotatable bonds is 0. The first-order valence-corrected chi connectivity index (χ1v) is 4.02. The topological polar surface area (TPSA) is 29.1 Å². The van der Waals surface area contributed by atoms with Crippen LogP contribution in [0.3, 0.4) is 0 Å². The van der Waals surface area contributed by atoms with Gasteiger partial charge in [0.25, 0.3) is 0 Å². The van der Waals surface area contributed by atoms with Gasteiger partial charge >= 0.3 is 0 Å². The first-order chi connectivity index (χ1) is 4.91. The predicted molar refractivity (Wildman–Crippen MR) is 45.2 cm³/mol. The fourth-order valence-electron chi connectivity index (χ4n) is 0.625. The lowest BCUT2D eigenvalue weighted by molar-refractivity contribution is -0.106. The summed E-state index contributed by atoms with van der Waals surface area (Å²) in [6.07, 6.45) is 3.53. The Labute approximate surface area is 64.0 Å². The number of hydrogen-bond donors (Lipinski definition) is 1. The molecule has 0 aliphatic carbocycles. The van der Waals surface area contributed by atoms with Crippen molar-refractivity contribution in [3.05, 3.63) is 0 Å². The van der Waals surface area contributed by atoms with E-state index in [0.717, 1.165) is 6.29 Å². The van der Waals surface area contributed by atoms with E-state index >= 15 is 0 Å². The molecular formula is C8H19NO. The molecule has 0 bridgehead atoms. The molecule has 10 heavy (non-hydrogen) atoms. The van der Waals surface area contributed by atoms with Crippen LogP contribution in [0.1, 0.15) is 33.6 Å². The van der Waals surface area contributed by atoms with Crippen LogP contribution in [0.25, 0.3) is 0 Å². The van der Waals surface area contributed by atoms with Gasteiger partial charge in [0.05, 0.1) is 0 Å². The maximum Gasteiger partial charge on any atom is 0.116 e. The Kier molecular flexibility index (Phi) is 19.5. The van der Waals surface area contributed by atoms with Gasteiger partial charge in [0, 0.05) is 0 Å². The lowest BCUT2D eigenvalue weighted by atomic mass is 10.4. The minimum absolute atomic E-state index is 0.750. The normalized spacial score (nSPS) is 13.9. The Balaban J connectivity index is 0. The average Bonchev–Trinajstić information content (AvgIpc) is 2.48. The summed E-state index contributed by atoms with van der Waals surface area (Å²) in [5, 5.41) is 3.22. The minimum Gasteiger partial charge on any atom is -0.317 e. The van der Waals surface area contributed by atoms with Crippen LogP contribution in [0.4, 0.5) is 0 Å². The van der Waals surface area contributed by atoms with E-state index in [4.69, 9.17) is 4.79 Å². The van der Waals surface area contributed by atoms with Gasteiger partial charge < -0.3 is 10.1 Å². The zero-order valence-corrected chi connectivity index (χ0v) is 7.31. The van der Waals surface area contributed by atoms with Gasteiger partial charge in [0.2, 0.25) is 0 Å². The summed E-state index contributed by atoms with van der Waals surface area (Å²) < 4.78 is 0. The first-order valence-electron chi connectivity index (χ1n) is 4.02. The number of carbonyl (C=O) groups is 1. The van der Waals surface area contributed by atoms with Crippen LogP contribution in [-0.2, 0) is 4.79 Å². The third-order valence-corrected chi connectivity index (χ3v) is 0.957. The second-order valence-corrected chi connectivity index (χ2v) is 1.69. The van der Waals surface area contributed by atoms with Crippen LogP contribution >= 0.6 is 0 Å². The predicted octanol–water partition coefficient (Wildman–Crippen LogP) is 1.60. The summed E-state index contributed by atoms with van der Waals surface area (Å²) in [6, 6.07) is 0. The van der Waals surface area contributed by atoms with E-state index in [1.54, 1.807) is 0 Å². The third-order valence-electron chi connectivity index (χ3n) is 0.957. The van der Waals surface area contributed by atoms with Crippen LogP contribution in [0, 0.1) is 0 Å². The lowest BCUT2D eigenvalue weighted by Crippen LogP contribution is -2.03. The van der Waals surface area contributed by atoms with Gasteiger partial charge in [-0.3, -0.25) is 0 Å². The molecule has 0 aromatic carbocycles. The Hall–Kier alpha value is -0.370. The minimum atomic E-state index is 0.750. The SMILES string of the molecule is C1CCNC1.CC.CC=O. The lowest BCUT2D eigenvalue weighted by Gasteiger charge is -1.76. The van der Waals surface area contributed by atoms with E-state index in [0.29, 0.717) is 0 Å². The quantitative estimate of drug-likeness (QED) is 0.525. The maximum absolute atomic E-state index is 8.81. The maximum atomic E-state index is 8.81. The molecule has 0 spiro atoms. The summed E-state index contributed by atoms with van der Waals surface area (Å²) in [4.78, 5) is 8.81. The van der Waals surface area contributed by atoms with E-state index in [2.05, 4.69) is 5.32 Å². The number of hydrogen-bond acceptors (Lipinski definition) is 2. The van der Waals surface area contributed by atoms with Gasteiger partial charge in [0.1, 0.15) is 6.29 Å². The van der Waals surface area contributed by atoms with E-state index < -0.39 is 0 Å². The Morgan fingerprint density at radius 3 is 1.60 bits per heavy atom. The monoisotopic (exact) mass is 145 g/mol. The fraction of sp³-hybridized carbons (Fsp3) is 0.875. The molecule has 1 fully saturated rings. The summed E-state index contributed by atoms with van der Waals surface area (Å²) >= 11 is 0. The summed E-state index contributed by atoms with van der Waals surface area (Å²) in [6.45, 7) is 7.94. The molecule has 1 aliphatic heterocycles. The summed E-state index contributed by atoms with van der Waals surface area (Å²) in [7, 11) is 0. The van der Waals surface area contributed by atoms with Crippen molar-refractivity contribution in [1.82, 2.24) is 5.32 Å². The molecule has 1 rings (SSSR count). The van der Waals surface area contributed by atoms with Crippen molar-refractivity contribution in [1.29, 1.82) is 0 Å². The second-order valence-electron chi connectivity index (χ2n) is 1.69. The molecule has 0 unspecified atom stereocenters. The molecule has 2 nitrogen and oxygen atoms in total. The van der Waals surface area contributed by atoms with Crippen molar-refractivity contribution < 1.29 is 4.79 Å². The third kappa shape index (κ3) is 15.6. The van der Waals surface area contributed by atoms with Crippen LogP contribution in [0.15, 0.2) is 0 Å². The molecule has 1 N–H and O–H groups in total. The second kappa shape index (κ2) is 15.9. The summed E-state index contributed by atoms with van der Waals surface area (Å²) in [5.74, 6) is 0. The van der Waals surface area contributed by atoms with E-state index in [-0.39, 0.29) is 0 Å². The zero-order valence-electron chi connectivity index (χ0n) is 7.31. The molecule has 0 atom stereocenters.